The number of nitro groups is 1. The molecule has 0 aromatic heterocycles. The molecule has 10 heteroatoms. The van der Waals surface area contributed by atoms with Crippen LogP contribution in [-0.2, 0) is 9.53 Å². The van der Waals surface area contributed by atoms with Gasteiger partial charge >= 0.3 is 5.30 Å². The Morgan fingerprint density at radius 1 is 1.57 bits per heavy atom. The van der Waals surface area contributed by atoms with E-state index in [9.17, 15) is 19.7 Å². The maximum absolute atomic E-state index is 11.9. The lowest BCUT2D eigenvalue weighted by atomic mass is 10.2. The van der Waals surface area contributed by atoms with Crippen molar-refractivity contribution in [3.63, 3.8) is 0 Å². The molecular weight excluding hydrogens is 364 g/mol. The number of rotatable bonds is 3. The maximum Gasteiger partial charge on any atom is 0.374 e. The van der Waals surface area contributed by atoms with Crippen LogP contribution in [0.25, 0.3) is 6.08 Å². The second-order valence-corrected chi connectivity index (χ2v) is 6.60. The van der Waals surface area contributed by atoms with Crippen LogP contribution in [0.5, 0.6) is 0 Å². The average molecular weight is 373 g/mol. The summed E-state index contributed by atoms with van der Waals surface area (Å²) >= 11 is 7.26. The number of thioether (sulfide) groups is 2. The zero-order valence-corrected chi connectivity index (χ0v) is 14.0. The Labute approximate surface area is 144 Å². The maximum atomic E-state index is 11.9. The van der Waals surface area contributed by atoms with Gasteiger partial charge < -0.3 is 4.74 Å². The fourth-order valence-electron chi connectivity index (χ4n) is 1.57. The molecule has 0 saturated heterocycles. The van der Waals surface area contributed by atoms with Crippen molar-refractivity contribution in [2.45, 2.75) is 6.92 Å². The summed E-state index contributed by atoms with van der Waals surface area (Å²) in [5.74, 6) is 0. The van der Waals surface area contributed by atoms with Crippen molar-refractivity contribution < 1.29 is 19.2 Å². The van der Waals surface area contributed by atoms with Crippen molar-refractivity contribution in [3.8, 4) is 0 Å². The molecule has 0 aliphatic carbocycles. The van der Waals surface area contributed by atoms with E-state index in [2.05, 4.69) is 4.99 Å². The first-order valence-electron chi connectivity index (χ1n) is 6.21. The molecule has 1 aliphatic heterocycles. The van der Waals surface area contributed by atoms with E-state index in [0.717, 1.165) is 23.5 Å². The van der Waals surface area contributed by atoms with E-state index < -0.39 is 10.2 Å². The number of aliphatic imine (C=N–C) groups is 1. The van der Waals surface area contributed by atoms with E-state index in [4.69, 9.17) is 16.3 Å². The second-order valence-electron chi connectivity index (χ2n) is 4.05. The molecule has 0 N–H and O–H groups in total. The highest BCUT2D eigenvalue weighted by Gasteiger charge is 2.25. The van der Waals surface area contributed by atoms with Gasteiger partial charge in [-0.2, -0.15) is 0 Å². The zero-order chi connectivity index (χ0) is 17.0. The SMILES string of the molecule is CCOC(=O)SC1=N/C(=C/c2ccc(Cl)c([N+](=O)[O-])c2)C(=O)S1. The van der Waals surface area contributed by atoms with E-state index in [1.165, 1.54) is 24.3 Å². The lowest BCUT2D eigenvalue weighted by Gasteiger charge is -1.98. The minimum absolute atomic E-state index is 0.00586. The summed E-state index contributed by atoms with van der Waals surface area (Å²) in [6.45, 7) is 1.90. The highest BCUT2D eigenvalue weighted by Crippen LogP contribution is 2.33. The summed E-state index contributed by atoms with van der Waals surface area (Å²) in [7, 11) is 0. The number of nitrogens with zero attached hydrogens (tertiary/aromatic N) is 2. The fourth-order valence-corrected chi connectivity index (χ4v) is 3.33. The first kappa shape index (κ1) is 17.5. The van der Waals surface area contributed by atoms with Gasteiger partial charge in [-0.1, -0.05) is 17.7 Å². The van der Waals surface area contributed by atoms with Crippen LogP contribution in [-0.4, -0.2) is 26.3 Å². The molecule has 120 valence electrons. The largest absolute Gasteiger partial charge is 0.458 e. The van der Waals surface area contributed by atoms with E-state index in [0.29, 0.717) is 5.56 Å². The van der Waals surface area contributed by atoms with E-state index in [1.807, 2.05) is 0 Å². The summed E-state index contributed by atoms with van der Waals surface area (Å²) < 4.78 is 5.01. The van der Waals surface area contributed by atoms with Crippen LogP contribution in [0.15, 0.2) is 28.9 Å². The van der Waals surface area contributed by atoms with Gasteiger partial charge in [0, 0.05) is 17.8 Å². The summed E-state index contributed by atoms with van der Waals surface area (Å²) in [4.78, 5) is 37.5. The molecule has 0 radical (unpaired) electrons. The standard InChI is InChI=1S/C13H9ClN2O5S2/c1-2-21-13(18)23-12-15-9(11(17)22-12)5-7-3-4-8(14)10(6-7)16(19)20/h3-6H,2H2,1H3/b9-5+. The van der Waals surface area contributed by atoms with E-state index >= 15 is 0 Å². The van der Waals surface area contributed by atoms with Crippen LogP contribution < -0.4 is 0 Å². The molecule has 1 aliphatic rings. The van der Waals surface area contributed by atoms with Crippen LogP contribution in [0.2, 0.25) is 5.02 Å². The molecule has 0 bridgehead atoms. The second kappa shape index (κ2) is 7.62. The smallest absolute Gasteiger partial charge is 0.374 e. The third-order valence-corrected chi connectivity index (χ3v) is 4.53. The molecule has 23 heavy (non-hydrogen) atoms. The molecule has 1 heterocycles. The van der Waals surface area contributed by atoms with Gasteiger partial charge in [0.05, 0.1) is 11.5 Å². The molecule has 1 aromatic carbocycles. The minimum atomic E-state index is -0.610. The van der Waals surface area contributed by atoms with Gasteiger partial charge in [-0.05, 0) is 36.4 Å². The first-order chi connectivity index (χ1) is 10.9. The van der Waals surface area contributed by atoms with Crippen molar-refractivity contribution in [1.29, 1.82) is 0 Å². The van der Waals surface area contributed by atoms with Crippen molar-refractivity contribution in [2.75, 3.05) is 6.61 Å². The Hall–Kier alpha value is -1.84. The Bertz CT molecular complexity index is 748. The molecule has 2 rings (SSSR count). The summed E-state index contributed by atoms with van der Waals surface area (Å²) in [6, 6.07) is 4.15. The zero-order valence-electron chi connectivity index (χ0n) is 11.6. The summed E-state index contributed by atoms with van der Waals surface area (Å²) in [5, 5.41) is 9.96. The third-order valence-electron chi connectivity index (χ3n) is 2.50. The van der Waals surface area contributed by atoms with Gasteiger partial charge in [-0.25, -0.2) is 9.79 Å². The molecule has 0 spiro atoms. The van der Waals surface area contributed by atoms with Crippen LogP contribution >= 0.6 is 35.1 Å². The average Bonchev–Trinajstić information content (AvgIpc) is 2.80. The molecule has 0 unspecified atom stereocenters. The van der Waals surface area contributed by atoms with Crippen LogP contribution in [0.1, 0.15) is 12.5 Å². The minimum Gasteiger partial charge on any atom is -0.458 e. The van der Waals surface area contributed by atoms with Gasteiger partial charge in [0.2, 0.25) is 5.12 Å². The number of hydrogen-bond donors (Lipinski definition) is 0. The predicted octanol–water partition coefficient (Wildman–Crippen LogP) is 4.11. The quantitative estimate of drug-likeness (QED) is 0.340. The monoisotopic (exact) mass is 372 g/mol. The molecular formula is C13H9ClN2O5S2. The summed E-state index contributed by atoms with van der Waals surface area (Å²) in [5.41, 5.74) is 0.249. The highest BCUT2D eigenvalue weighted by molar-refractivity contribution is 8.49. The molecule has 1 aromatic rings. The normalized spacial score (nSPS) is 15.7. The van der Waals surface area contributed by atoms with Crippen LogP contribution in [0.4, 0.5) is 10.5 Å². The Morgan fingerprint density at radius 2 is 2.30 bits per heavy atom. The van der Waals surface area contributed by atoms with E-state index in [1.54, 1.807) is 6.92 Å². The number of nitro benzene ring substituents is 1. The van der Waals surface area contributed by atoms with Gasteiger partial charge in [-0.3, -0.25) is 14.9 Å². The lowest BCUT2D eigenvalue weighted by molar-refractivity contribution is -0.384. The number of halogens is 1. The number of benzene rings is 1. The van der Waals surface area contributed by atoms with Crippen molar-refractivity contribution >= 4 is 61.7 Å². The van der Waals surface area contributed by atoms with Gasteiger partial charge in [0.25, 0.3) is 5.69 Å². The van der Waals surface area contributed by atoms with Gasteiger partial charge in [0.15, 0.2) is 0 Å². The predicted molar refractivity (Wildman–Crippen MR) is 90.7 cm³/mol. The Balaban J connectivity index is 2.24. The van der Waals surface area contributed by atoms with Crippen molar-refractivity contribution in [3.05, 3.63) is 44.6 Å². The fraction of sp³-hybridized carbons (Fsp3) is 0.154. The molecule has 7 nitrogen and oxygen atoms in total. The van der Waals surface area contributed by atoms with Crippen molar-refractivity contribution in [1.82, 2.24) is 0 Å². The third kappa shape index (κ3) is 4.57. The first-order valence-corrected chi connectivity index (χ1v) is 8.23. The Kier molecular flexibility index (Phi) is 5.80. The lowest BCUT2D eigenvalue weighted by Crippen LogP contribution is -1.98. The molecule has 0 fully saturated rings. The topological polar surface area (TPSA) is 98.9 Å². The van der Waals surface area contributed by atoms with Gasteiger partial charge in [0.1, 0.15) is 15.1 Å². The van der Waals surface area contributed by atoms with Gasteiger partial charge in [-0.15, -0.1) is 0 Å². The number of ether oxygens (including phenoxy) is 1. The van der Waals surface area contributed by atoms with Crippen molar-refractivity contribution in [2.24, 2.45) is 4.99 Å². The number of hydrogen-bond acceptors (Lipinski definition) is 8. The molecule has 0 saturated carbocycles. The number of carbonyl (C=O) groups is 2. The Morgan fingerprint density at radius 3 is 2.96 bits per heavy atom. The molecule has 0 amide bonds. The van der Waals surface area contributed by atoms with E-state index in [-0.39, 0.29) is 32.5 Å². The highest BCUT2D eigenvalue weighted by atomic mass is 35.5. The molecule has 0 atom stereocenters. The van der Waals surface area contributed by atoms with Crippen LogP contribution in [0, 0.1) is 10.1 Å². The van der Waals surface area contributed by atoms with Crippen LogP contribution in [0.3, 0.4) is 0 Å². The number of carbonyl (C=O) groups excluding carboxylic acids is 2. The summed E-state index contributed by atoms with van der Waals surface area (Å²) in [6.07, 6.45) is 1.40.